The number of rotatable bonds is 4. The van der Waals surface area contributed by atoms with Crippen LogP contribution < -0.4 is 0 Å². The monoisotopic (exact) mass is 318 g/mol. The van der Waals surface area contributed by atoms with Gasteiger partial charge >= 0.3 is 5.97 Å². The molecule has 0 amide bonds. The van der Waals surface area contributed by atoms with Gasteiger partial charge in [0.25, 0.3) is 6.43 Å². The number of esters is 1. The van der Waals surface area contributed by atoms with Crippen molar-refractivity contribution in [1.82, 2.24) is 4.98 Å². The molecular formula is C11H9BrF2N2O2. The van der Waals surface area contributed by atoms with Crippen LogP contribution in [0.15, 0.2) is 6.20 Å². The summed E-state index contributed by atoms with van der Waals surface area (Å²) < 4.78 is 30.1. The number of halogens is 3. The Balaban J connectivity index is 3.38. The Hall–Kier alpha value is -1.55. The number of alkyl halides is 3. The molecule has 0 fully saturated rings. The second kappa shape index (κ2) is 6.40. The van der Waals surface area contributed by atoms with E-state index in [0.29, 0.717) is 0 Å². The molecule has 7 heteroatoms. The minimum absolute atomic E-state index is 0.0424. The van der Waals surface area contributed by atoms with Gasteiger partial charge in [0.05, 0.1) is 13.5 Å². The standard InChI is InChI=1S/C11H9BrF2N2O2/c1-18-10(17)2-6-7(3-12)8(11(13)14)5-16-9(6)4-15/h5,11H,2-3H2,1H3. The molecule has 1 rings (SSSR count). The zero-order valence-corrected chi connectivity index (χ0v) is 11.0. The third-order valence-electron chi connectivity index (χ3n) is 2.35. The highest BCUT2D eigenvalue weighted by Crippen LogP contribution is 2.28. The van der Waals surface area contributed by atoms with Gasteiger partial charge in [0.15, 0.2) is 0 Å². The number of nitrogens with zero attached hydrogens (tertiary/aromatic N) is 2. The fourth-order valence-corrected chi connectivity index (χ4v) is 2.12. The largest absolute Gasteiger partial charge is 0.469 e. The predicted molar refractivity (Wildman–Crippen MR) is 62.3 cm³/mol. The lowest BCUT2D eigenvalue weighted by Crippen LogP contribution is -2.11. The lowest BCUT2D eigenvalue weighted by atomic mass is 10.0. The summed E-state index contributed by atoms with van der Waals surface area (Å²) >= 11 is 3.08. The maximum absolute atomic E-state index is 12.8. The van der Waals surface area contributed by atoms with Crippen molar-refractivity contribution in [3.05, 3.63) is 28.6 Å². The van der Waals surface area contributed by atoms with E-state index in [0.717, 1.165) is 6.20 Å². The number of hydrogen-bond donors (Lipinski definition) is 0. The van der Waals surface area contributed by atoms with E-state index >= 15 is 0 Å². The summed E-state index contributed by atoms with van der Waals surface area (Å²) in [5.41, 5.74) is 0.0602. The van der Waals surface area contributed by atoms with Crippen molar-refractivity contribution in [2.24, 2.45) is 0 Å². The highest BCUT2D eigenvalue weighted by molar-refractivity contribution is 9.08. The zero-order valence-electron chi connectivity index (χ0n) is 9.41. The molecular weight excluding hydrogens is 310 g/mol. The lowest BCUT2D eigenvalue weighted by molar-refractivity contribution is -0.139. The molecule has 0 N–H and O–H groups in total. The summed E-state index contributed by atoms with van der Waals surface area (Å²) in [4.78, 5) is 14.9. The smallest absolute Gasteiger partial charge is 0.310 e. The molecule has 1 aromatic heterocycles. The number of carbonyl (C=O) groups excluding carboxylic acids is 1. The fourth-order valence-electron chi connectivity index (χ4n) is 1.46. The van der Waals surface area contributed by atoms with E-state index in [-0.39, 0.29) is 34.1 Å². The Labute approximate surface area is 111 Å². The molecule has 0 unspecified atom stereocenters. The highest BCUT2D eigenvalue weighted by Gasteiger charge is 2.21. The Morgan fingerprint density at radius 1 is 1.61 bits per heavy atom. The van der Waals surface area contributed by atoms with Crippen LogP contribution in [0.1, 0.15) is 28.8 Å². The molecule has 0 saturated heterocycles. The number of aromatic nitrogens is 1. The third kappa shape index (κ3) is 3.01. The molecule has 0 aromatic carbocycles. The first kappa shape index (κ1) is 14.5. The number of carbonyl (C=O) groups is 1. The average Bonchev–Trinajstić information content (AvgIpc) is 2.37. The maximum atomic E-state index is 12.8. The first-order valence-electron chi connectivity index (χ1n) is 4.86. The van der Waals surface area contributed by atoms with Crippen LogP contribution in [0.5, 0.6) is 0 Å². The quantitative estimate of drug-likeness (QED) is 0.632. The molecule has 0 atom stereocenters. The van der Waals surface area contributed by atoms with Crippen LogP contribution in [0.2, 0.25) is 0 Å². The second-order valence-corrected chi connectivity index (χ2v) is 3.88. The van der Waals surface area contributed by atoms with Gasteiger partial charge in [-0.05, 0) is 5.56 Å². The average molecular weight is 319 g/mol. The molecule has 0 aliphatic carbocycles. The van der Waals surface area contributed by atoms with Crippen LogP contribution in [0.4, 0.5) is 8.78 Å². The summed E-state index contributed by atoms with van der Waals surface area (Å²) in [6.07, 6.45) is -2.01. The molecule has 0 spiro atoms. The Bertz CT molecular complexity index is 501. The maximum Gasteiger partial charge on any atom is 0.310 e. The minimum atomic E-state index is -2.71. The topological polar surface area (TPSA) is 63.0 Å². The van der Waals surface area contributed by atoms with E-state index in [2.05, 4.69) is 25.7 Å². The van der Waals surface area contributed by atoms with Crippen LogP contribution in [0.25, 0.3) is 0 Å². The summed E-state index contributed by atoms with van der Waals surface area (Å²) in [7, 11) is 1.19. The van der Waals surface area contributed by atoms with E-state index in [9.17, 15) is 13.6 Å². The van der Waals surface area contributed by atoms with Crippen LogP contribution in [-0.2, 0) is 21.3 Å². The van der Waals surface area contributed by atoms with Gasteiger partial charge < -0.3 is 4.74 Å². The molecule has 0 aliphatic rings. The molecule has 18 heavy (non-hydrogen) atoms. The normalized spacial score (nSPS) is 10.2. The van der Waals surface area contributed by atoms with Gasteiger partial charge in [0.2, 0.25) is 0 Å². The van der Waals surface area contributed by atoms with Gasteiger partial charge in [-0.1, -0.05) is 15.9 Å². The first-order valence-corrected chi connectivity index (χ1v) is 5.99. The summed E-state index contributed by atoms with van der Waals surface area (Å²) in [5.74, 6) is -0.609. The van der Waals surface area contributed by atoms with Crippen molar-refractivity contribution in [2.45, 2.75) is 18.2 Å². The van der Waals surface area contributed by atoms with E-state index in [1.807, 2.05) is 0 Å². The van der Waals surface area contributed by atoms with Crippen LogP contribution in [-0.4, -0.2) is 18.1 Å². The van der Waals surface area contributed by atoms with E-state index < -0.39 is 12.4 Å². The number of hydrogen-bond acceptors (Lipinski definition) is 4. The van der Waals surface area contributed by atoms with Crippen LogP contribution in [0, 0.1) is 11.3 Å². The number of pyridine rings is 1. The minimum Gasteiger partial charge on any atom is -0.469 e. The molecule has 1 aromatic rings. The SMILES string of the molecule is COC(=O)Cc1c(C#N)ncc(C(F)F)c1CBr. The van der Waals surface area contributed by atoms with Crippen molar-refractivity contribution in [1.29, 1.82) is 5.26 Å². The Morgan fingerprint density at radius 2 is 2.28 bits per heavy atom. The Morgan fingerprint density at radius 3 is 2.72 bits per heavy atom. The van der Waals surface area contributed by atoms with Crippen molar-refractivity contribution in [3.8, 4) is 6.07 Å². The fraction of sp³-hybridized carbons (Fsp3) is 0.364. The predicted octanol–water partition coefficient (Wildman–Crippen LogP) is 2.50. The van der Waals surface area contributed by atoms with Gasteiger partial charge in [-0.25, -0.2) is 13.8 Å². The highest BCUT2D eigenvalue weighted by atomic mass is 79.9. The van der Waals surface area contributed by atoms with Gasteiger partial charge in [0.1, 0.15) is 11.8 Å². The van der Waals surface area contributed by atoms with E-state index in [1.165, 1.54) is 7.11 Å². The van der Waals surface area contributed by atoms with Gasteiger partial charge in [-0.3, -0.25) is 4.79 Å². The second-order valence-electron chi connectivity index (χ2n) is 3.32. The van der Waals surface area contributed by atoms with Crippen molar-refractivity contribution in [3.63, 3.8) is 0 Å². The Kier molecular flexibility index (Phi) is 5.16. The molecule has 0 saturated carbocycles. The van der Waals surface area contributed by atoms with Crippen molar-refractivity contribution < 1.29 is 18.3 Å². The summed E-state index contributed by atoms with van der Waals surface area (Å²) in [6.45, 7) is 0. The van der Waals surface area contributed by atoms with Gasteiger partial charge in [-0.15, -0.1) is 0 Å². The molecule has 0 bridgehead atoms. The summed E-state index contributed by atoms with van der Waals surface area (Å²) in [5, 5.41) is 8.99. The van der Waals surface area contributed by atoms with Gasteiger partial charge in [-0.2, -0.15) is 5.26 Å². The van der Waals surface area contributed by atoms with Crippen LogP contribution >= 0.6 is 15.9 Å². The molecule has 0 aliphatic heterocycles. The first-order chi connectivity index (χ1) is 8.54. The van der Waals surface area contributed by atoms with Gasteiger partial charge in [0, 0.05) is 22.7 Å². The van der Waals surface area contributed by atoms with E-state index in [4.69, 9.17) is 5.26 Å². The van der Waals surface area contributed by atoms with Crippen molar-refractivity contribution in [2.75, 3.05) is 7.11 Å². The van der Waals surface area contributed by atoms with Crippen molar-refractivity contribution >= 4 is 21.9 Å². The number of nitriles is 1. The third-order valence-corrected chi connectivity index (χ3v) is 2.92. The lowest BCUT2D eigenvalue weighted by Gasteiger charge is -2.12. The molecule has 0 radical (unpaired) electrons. The molecule has 4 nitrogen and oxygen atoms in total. The number of ether oxygens (including phenoxy) is 1. The molecule has 96 valence electrons. The van der Waals surface area contributed by atoms with E-state index in [1.54, 1.807) is 6.07 Å². The zero-order chi connectivity index (χ0) is 13.7. The summed E-state index contributed by atoms with van der Waals surface area (Å²) in [6, 6.07) is 1.78. The number of methoxy groups -OCH3 is 1. The van der Waals surface area contributed by atoms with Crippen LogP contribution in [0.3, 0.4) is 0 Å². The molecule has 1 heterocycles.